The number of nitrogens with two attached hydrogens (primary N) is 1. The van der Waals surface area contributed by atoms with Gasteiger partial charge in [-0.05, 0) is 26.0 Å². The van der Waals surface area contributed by atoms with Gasteiger partial charge in [-0.15, -0.1) is 6.42 Å². The molecule has 1 aliphatic heterocycles. The van der Waals surface area contributed by atoms with Gasteiger partial charge in [0.05, 0.1) is 17.3 Å². The van der Waals surface area contributed by atoms with Crippen molar-refractivity contribution in [1.82, 2.24) is 19.9 Å². The van der Waals surface area contributed by atoms with Gasteiger partial charge in [-0.3, -0.25) is 9.79 Å². The molecular weight excluding hydrogens is 500 g/mol. The van der Waals surface area contributed by atoms with E-state index in [1.807, 2.05) is 0 Å². The van der Waals surface area contributed by atoms with Gasteiger partial charge >= 0.3 is 0 Å². The number of aliphatic imine (C=N–C) groups is 1. The van der Waals surface area contributed by atoms with Crippen molar-refractivity contribution in [2.75, 3.05) is 26.0 Å². The van der Waals surface area contributed by atoms with Crippen molar-refractivity contribution in [3.05, 3.63) is 47.8 Å². The number of benzene rings is 1. The summed E-state index contributed by atoms with van der Waals surface area (Å²) in [5.74, 6) is 0.492. The number of aromatic nitrogens is 3. The molecule has 2 atom stereocenters. The number of ether oxygens (including phenoxy) is 1. The summed E-state index contributed by atoms with van der Waals surface area (Å²) in [5, 5.41) is 3.10. The molecule has 0 bridgehead atoms. The van der Waals surface area contributed by atoms with Crippen LogP contribution in [0.25, 0.3) is 11.0 Å². The minimum atomic E-state index is -1.31. The van der Waals surface area contributed by atoms with E-state index in [2.05, 4.69) is 31.2 Å². The zero-order chi connectivity index (χ0) is 27.0. The van der Waals surface area contributed by atoms with Crippen LogP contribution in [0, 0.1) is 24.0 Å². The highest BCUT2D eigenvalue weighted by Crippen LogP contribution is 2.47. The maximum absolute atomic E-state index is 15.2. The Balaban J connectivity index is 1.74. The summed E-state index contributed by atoms with van der Waals surface area (Å²) in [5.41, 5.74) is 5.77. The first-order chi connectivity index (χ1) is 17.5. The number of anilines is 2. The first-order valence-corrected chi connectivity index (χ1v) is 12.0. The van der Waals surface area contributed by atoms with Gasteiger partial charge < -0.3 is 20.7 Å². The number of thioether (sulfide) groups is 1. The topological polar surface area (TPSA) is 119 Å². The highest BCUT2D eigenvalue weighted by molar-refractivity contribution is 8.15. The van der Waals surface area contributed by atoms with Crippen LogP contribution >= 0.6 is 11.8 Å². The molecule has 192 valence electrons. The van der Waals surface area contributed by atoms with Gasteiger partial charge in [-0.2, -0.15) is 0 Å². The molecule has 0 saturated heterocycles. The zero-order valence-corrected chi connectivity index (χ0v) is 21.5. The van der Waals surface area contributed by atoms with Gasteiger partial charge in [-0.1, -0.05) is 17.7 Å². The minimum Gasteiger partial charge on any atom is -0.463 e. The van der Waals surface area contributed by atoms with E-state index in [1.54, 1.807) is 34.0 Å². The van der Waals surface area contributed by atoms with Crippen LogP contribution in [0.3, 0.4) is 0 Å². The Kier molecular flexibility index (Phi) is 6.92. The van der Waals surface area contributed by atoms with Crippen molar-refractivity contribution < 1.29 is 18.3 Å². The fourth-order valence-electron chi connectivity index (χ4n) is 4.37. The third-order valence-electron chi connectivity index (χ3n) is 5.84. The maximum atomic E-state index is 15.2. The van der Waals surface area contributed by atoms with Crippen molar-refractivity contribution in [2.24, 2.45) is 10.7 Å². The number of terminal acetylenes is 1. The highest BCUT2D eigenvalue weighted by Gasteiger charge is 2.48. The smallest absolute Gasteiger partial charge is 0.238 e. The second kappa shape index (κ2) is 9.82. The van der Waals surface area contributed by atoms with E-state index in [9.17, 15) is 9.18 Å². The Morgan fingerprint density at radius 1 is 1.32 bits per heavy atom. The summed E-state index contributed by atoms with van der Waals surface area (Å²) >= 11 is 1.10. The lowest BCUT2D eigenvalue weighted by Gasteiger charge is -2.41. The molecule has 1 aliphatic rings. The van der Waals surface area contributed by atoms with Crippen LogP contribution in [0.15, 0.2) is 35.6 Å². The molecule has 0 unspecified atom stereocenters. The lowest BCUT2D eigenvalue weighted by Crippen LogP contribution is -2.49. The van der Waals surface area contributed by atoms with Crippen molar-refractivity contribution in [3.8, 4) is 18.2 Å². The Morgan fingerprint density at radius 3 is 2.78 bits per heavy atom. The van der Waals surface area contributed by atoms with E-state index in [0.717, 1.165) is 17.8 Å². The molecule has 3 aromatic rings. The largest absolute Gasteiger partial charge is 0.463 e. The average molecular weight is 526 g/mol. The molecule has 9 nitrogen and oxygen atoms in total. The van der Waals surface area contributed by atoms with E-state index < -0.39 is 21.9 Å². The normalized spacial score (nSPS) is 21.2. The van der Waals surface area contributed by atoms with Crippen LogP contribution in [0.5, 0.6) is 5.88 Å². The molecule has 3 N–H and O–H groups in total. The van der Waals surface area contributed by atoms with Crippen LogP contribution in [-0.2, 0) is 10.3 Å². The van der Waals surface area contributed by atoms with Crippen LogP contribution in [-0.4, -0.2) is 56.4 Å². The molecule has 0 fully saturated rings. The van der Waals surface area contributed by atoms with E-state index in [0.29, 0.717) is 11.0 Å². The van der Waals surface area contributed by atoms with Crippen molar-refractivity contribution in [3.63, 3.8) is 0 Å². The molecular formula is C25H25F2N7O2S. The Morgan fingerprint density at radius 2 is 2.08 bits per heavy atom. The van der Waals surface area contributed by atoms with E-state index in [1.165, 1.54) is 23.4 Å². The number of carbonyl (C=O) groups is 1. The van der Waals surface area contributed by atoms with Crippen LogP contribution in [0.1, 0.15) is 25.8 Å². The van der Waals surface area contributed by atoms with E-state index in [4.69, 9.17) is 16.9 Å². The molecule has 0 spiro atoms. The molecule has 3 heterocycles. The monoisotopic (exact) mass is 525 g/mol. The van der Waals surface area contributed by atoms with E-state index >= 15 is 4.39 Å². The van der Waals surface area contributed by atoms with Gasteiger partial charge in [0.15, 0.2) is 29.2 Å². The lowest BCUT2D eigenvalue weighted by atomic mass is 9.82. The summed E-state index contributed by atoms with van der Waals surface area (Å²) in [6.45, 7) is 3.38. The van der Waals surface area contributed by atoms with Crippen LogP contribution < -0.4 is 15.8 Å². The predicted octanol–water partition coefficient (Wildman–Crippen LogP) is 3.57. The average Bonchev–Trinajstić information content (AvgIpc) is 2.83. The molecule has 37 heavy (non-hydrogen) atoms. The number of rotatable bonds is 6. The maximum Gasteiger partial charge on any atom is 0.238 e. The summed E-state index contributed by atoms with van der Waals surface area (Å²) in [6, 6.07) is 4.08. The quantitative estimate of drug-likeness (QED) is 0.469. The number of fused-ring (bicyclic) bond motifs is 1. The van der Waals surface area contributed by atoms with Crippen molar-refractivity contribution in [2.45, 2.75) is 30.6 Å². The lowest BCUT2D eigenvalue weighted by molar-refractivity contribution is -0.131. The number of pyridine rings is 1. The summed E-state index contributed by atoms with van der Waals surface area (Å²) in [6.07, 6.45) is 8.20. The molecule has 2 aromatic heterocycles. The fourth-order valence-corrected chi connectivity index (χ4v) is 5.70. The third kappa shape index (κ3) is 5.13. The van der Waals surface area contributed by atoms with E-state index in [-0.39, 0.29) is 47.1 Å². The summed E-state index contributed by atoms with van der Waals surface area (Å²) in [4.78, 5) is 31.8. The molecule has 1 aromatic carbocycles. The Bertz CT molecular complexity index is 1460. The Hall–Kier alpha value is -3.98. The van der Waals surface area contributed by atoms with Gasteiger partial charge in [0, 0.05) is 44.0 Å². The standard InChI is InChI=1S/C25H25F2N7O2S/c1-6-9-36-18-12-30-20-17(32-18)7-8-29-21(20)31-14-10-15(19(27)16(26)11-14)24(2)13-25(3,22(35)34(4)5)37-23(28)33-24/h1,7-8,10-12H,9,13H2,2-5H3,(H2,28,33)(H,29,31)/t24-,25+/m0/s1. The highest BCUT2D eigenvalue weighted by atomic mass is 32.2. The number of amidine groups is 1. The molecule has 4 rings (SSSR count). The predicted molar refractivity (Wildman–Crippen MR) is 140 cm³/mol. The van der Waals surface area contributed by atoms with Gasteiger partial charge in [0.2, 0.25) is 11.8 Å². The Labute approximate surface area is 216 Å². The first-order valence-electron chi connectivity index (χ1n) is 11.2. The second-order valence-electron chi connectivity index (χ2n) is 9.11. The molecule has 0 aliphatic carbocycles. The van der Waals surface area contributed by atoms with Crippen LogP contribution in [0.4, 0.5) is 20.3 Å². The number of hydrogen-bond donors (Lipinski definition) is 2. The molecule has 1 amide bonds. The third-order valence-corrected chi connectivity index (χ3v) is 6.91. The fraction of sp³-hybridized carbons (Fsp3) is 0.320. The summed E-state index contributed by atoms with van der Waals surface area (Å²) in [7, 11) is 3.25. The van der Waals surface area contributed by atoms with Crippen molar-refractivity contribution in [1.29, 1.82) is 0 Å². The molecule has 0 saturated carbocycles. The van der Waals surface area contributed by atoms with Gasteiger partial charge in [0.1, 0.15) is 10.3 Å². The van der Waals surface area contributed by atoms with Crippen molar-refractivity contribution >= 4 is 45.4 Å². The SMILES string of the molecule is C#CCOc1cnc2c(Nc3cc(F)c(F)c([C@]4(C)C[C@](C)(C(=O)N(C)C)SC(N)=N4)c3)nccc2n1. The number of amides is 1. The zero-order valence-electron chi connectivity index (χ0n) is 20.7. The van der Waals surface area contributed by atoms with Gasteiger partial charge in [0.25, 0.3) is 0 Å². The molecule has 12 heteroatoms. The number of halogens is 2. The number of nitrogens with one attached hydrogen (secondary N) is 1. The number of hydrogen-bond acceptors (Lipinski definition) is 9. The number of nitrogens with zero attached hydrogens (tertiary/aromatic N) is 5. The van der Waals surface area contributed by atoms with Crippen LogP contribution in [0.2, 0.25) is 0 Å². The summed E-state index contributed by atoms with van der Waals surface area (Å²) < 4.78 is 34.4. The number of carbonyl (C=O) groups excluding carboxylic acids is 1. The first kappa shape index (κ1) is 26.1. The van der Waals surface area contributed by atoms with Gasteiger partial charge in [-0.25, -0.2) is 23.7 Å². The second-order valence-corrected chi connectivity index (χ2v) is 10.6. The minimum absolute atomic E-state index is 0.0392. The molecule has 0 radical (unpaired) electrons.